The molecule has 53 heavy (non-hydrogen) atoms. The van der Waals surface area contributed by atoms with E-state index >= 15 is 0 Å². The highest BCUT2D eigenvalue weighted by Gasteiger charge is 2.53. The van der Waals surface area contributed by atoms with Gasteiger partial charge in [0.05, 0.1) is 32.9 Å². The normalized spacial score (nSPS) is 23.0. The Kier molecular flexibility index (Phi) is 13.4. The van der Waals surface area contributed by atoms with Gasteiger partial charge in [0, 0.05) is 36.4 Å². The summed E-state index contributed by atoms with van der Waals surface area (Å²) in [4.78, 5) is 51.9. The number of alkyl halides is 1. The molecule has 4 heterocycles. The number of hydrogen-bond acceptors (Lipinski definition) is 8. The minimum Gasteiger partial charge on any atom is -0.402 e. The first-order valence-electron chi connectivity index (χ1n) is 18.6. The summed E-state index contributed by atoms with van der Waals surface area (Å²) >= 11 is 0. The van der Waals surface area contributed by atoms with Crippen molar-refractivity contribution < 1.29 is 24.8 Å². The molecule has 0 aliphatic carbocycles. The number of benzene rings is 2. The molecule has 2 unspecified atom stereocenters. The Morgan fingerprint density at radius 2 is 1.23 bits per heavy atom. The van der Waals surface area contributed by atoms with E-state index in [2.05, 4.69) is 86.2 Å². The van der Waals surface area contributed by atoms with Gasteiger partial charge < -0.3 is 19.0 Å². The molecule has 12 nitrogen and oxygen atoms in total. The molecular weight excluding hydrogens is 700 g/mol. The van der Waals surface area contributed by atoms with Crippen molar-refractivity contribution in [3.63, 3.8) is 0 Å². The number of aliphatic hydroxyl groups excluding tert-OH is 1. The number of aromatic nitrogens is 4. The number of nitrogens with zero attached hydrogens (tertiary/aromatic N) is 2. The highest BCUT2D eigenvalue weighted by molar-refractivity contribution is 6.99. The average molecular weight is 754 g/mol. The van der Waals surface area contributed by atoms with Gasteiger partial charge in [-0.1, -0.05) is 95.3 Å². The van der Waals surface area contributed by atoms with Crippen molar-refractivity contribution in [1.82, 2.24) is 19.1 Å². The van der Waals surface area contributed by atoms with E-state index in [-0.39, 0.29) is 28.9 Å². The third-order valence-electron chi connectivity index (χ3n) is 9.85. The van der Waals surface area contributed by atoms with Crippen molar-refractivity contribution >= 4 is 18.7 Å². The first-order chi connectivity index (χ1) is 25.6. The molecule has 2 aliphatic rings. The second-order valence-electron chi connectivity index (χ2n) is 14.4. The highest BCUT2D eigenvalue weighted by Crippen LogP contribution is 2.41. The van der Waals surface area contributed by atoms with Gasteiger partial charge in [-0.15, -0.1) is 0 Å². The van der Waals surface area contributed by atoms with Crippen molar-refractivity contribution in [2.75, 3.05) is 7.15 Å². The second-order valence-corrected chi connectivity index (χ2v) is 18.6. The van der Waals surface area contributed by atoms with Crippen LogP contribution in [-0.4, -0.2) is 64.1 Å². The molecular formula is C39H53FN4O8Si. The maximum absolute atomic E-state index is 12.6. The van der Waals surface area contributed by atoms with Crippen LogP contribution in [0.3, 0.4) is 0 Å². The molecule has 0 saturated carbocycles. The first-order valence-corrected chi connectivity index (χ1v) is 19.8. The topological polar surface area (TPSA) is 158 Å². The maximum Gasteiger partial charge on any atom is 0.330 e. The summed E-state index contributed by atoms with van der Waals surface area (Å²) in [6.45, 7) is 14.1. The Morgan fingerprint density at radius 3 is 1.62 bits per heavy atom. The summed E-state index contributed by atoms with van der Waals surface area (Å²) in [6.07, 6.45) is 3.24. The predicted octanol–water partition coefficient (Wildman–Crippen LogP) is 3.98. The van der Waals surface area contributed by atoms with Crippen molar-refractivity contribution in [2.24, 2.45) is 0 Å². The minimum absolute atomic E-state index is 0.155. The van der Waals surface area contributed by atoms with Gasteiger partial charge in [-0.3, -0.25) is 33.1 Å². The summed E-state index contributed by atoms with van der Waals surface area (Å²) < 4.78 is 37.6. The van der Waals surface area contributed by atoms with E-state index in [0.717, 1.165) is 6.42 Å². The minimum atomic E-state index is -2.76. The predicted molar refractivity (Wildman–Crippen MR) is 205 cm³/mol. The molecule has 2 fully saturated rings. The molecule has 2 saturated heterocycles. The van der Waals surface area contributed by atoms with Crippen molar-refractivity contribution in [1.29, 1.82) is 0 Å². The molecule has 6 rings (SSSR count). The van der Waals surface area contributed by atoms with Crippen LogP contribution in [0.5, 0.6) is 0 Å². The van der Waals surface area contributed by atoms with E-state index in [0.29, 0.717) is 30.4 Å². The Hall–Kier alpha value is -4.21. The number of aliphatic hydroxyl groups is 1. The quantitative estimate of drug-likeness (QED) is 0.228. The zero-order chi connectivity index (χ0) is 39.8. The zero-order valence-electron chi connectivity index (χ0n) is 32.5. The van der Waals surface area contributed by atoms with Gasteiger partial charge in [0.1, 0.15) is 12.5 Å². The lowest BCUT2D eigenvalue weighted by molar-refractivity contribution is -0.0218. The molecule has 0 bridgehead atoms. The van der Waals surface area contributed by atoms with Crippen LogP contribution in [0.2, 0.25) is 5.04 Å². The number of hydrogen-bond donors (Lipinski definition) is 3. The Balaban J connectivity index is 0.000000271. The van der Waals surface area contributed by atoms with Crippen LogP contribution in [0.4, 0.5) is 4.39 Å². The molecule has 0 spiro atoms. The Morgan fingerprint density at radius 1 is 0.811 bits per heavy atom. The van der Waals surface area contributed by atoms with Crippen LogP contribution in [0.15, 0.2) is 92.2 Å². The average Bonchev–Trinajstić information content (AvgIpc) is 3.73. The Labute approximate surface area is 311 Å². The van der Waals surface area contributed by atoms with Gasteiger partial charge in [-0.25, -0.2) is 9.59 Å². The first kappa shape index (κ1) is 40.0. The van der Waals surface area contributed by atoms with Crippen LogP contribution in [0.1, 0.15) is 85.3 Å². The van der Waals surface area contributed by atoms with Crippen molar-refractivity contribution in [3.05, 3.63) is 126 Å². The van der Waals surface area contributed by atoms with Crippen LogP contribution in [0.25, 0.3) is 0 Å². The third-order valence-corrected chi connectivity index (χ3v) is 14.9. The van der Waals surface area contributed by atoms with Gasteiger partial charge in [0.15, 0.2) is 0 Å². The summed E-state index contributed by atoms with van der Waals surface area (Å²) in [5.74, 6) is 0. The fourth-order valence-electron chi connectivity index (χ4n) is 7.13. The fourth-order valence-corrected chi connectivity index (χ4v) is 11.8. The number of nitrogens with one attached hydrogen (secondary N) is 2. The standard InChI is InChI=1S/C27H34N2O4Si.C11H16N2O4.CH3F/c1-6-22-23(17-24(32-22)29-18-19(2)25(30)28-26(29)31)33-34(27(3,4)5,20-13-9-7-10-14-20)21-15-11-8-12-16-21;1-3-8-7(14)4-9(17-8)13-5-6(2)10(15)12-11(13)16;1-2/h7-16,18,22-24H,6,17H2,1-5H3,(H,28,30,31);5,7-9,14H,3-4H2,1-2H3,(H,12,15,16);1H3/t22-,23?,24-;7?,8-,9-;/m11./s1/i;;1D. The van der Waals surface area contributed by atoms with Gasteiger partial charge in [0.2, 0.25) is 0 Å². The number of halogens is 1. The van der Waals surface area contributed by atoms with Crippen LogP contribution >= 0.6 is 0 Å². The number of aromatic amines is 2. The SMILES string of the molecule is CC[C@H]1O[C@@H](n2cc(C)c(=O)[nH]c2=O)CC1O.CC[C@H]1O[C@@H](n2cc(C)c(=O)[nH]c2=O)CC1O[Si](c1ccccc1)(c1ccccc1)C(C)(C)C.[2H]CF. The highest BCUT2D eigenvalue weighted by atomic mass is 28.4. The molecule has 14 heteroatoms. The van der Waals surface area contributed by atoms with Gasteiger partial charge in [-0.2, -0.15) is 0 Å². The van der Waals surface area contributed by atoms with E-state index in [4.69, 9.17) is 15.3 Å². The van der Waals surface area contributed by atoms with Gasteiger partial charge >= 0.3 is 11.4 Å². The van der Waals surface area contributed by atoms with Gasteiger partial charge in [-0.05, 0) is 42.1 Å². The summed E-state index contributed by atoms with van der Waals surface area (Å²) in [7, 11) is -3.76. The van der Waals surface area contributed by atoms with Crippen LogP contribution in [0, 0.1) is 13.8 Å². The molecule has 0 amide bonds. The van der Waals surface area contributed by atoms with E-state index in [1.165, 1.54) is 25.7 Å². The number of rotatable bonds is 8. The van der Waals surface area contributed by atoms with Crippen molar-refractivity contribution in [2.45, 2.75) is 116 Å². The van der Waals surface area contributed by atoms with Gasteiger partial charge in [0.25, 0.3) is 19.4 Å². The lowest BCUT2D eigenvalue weighted by Gasteiger charge is -2.45. The molecule has 2 aromatic carbocycles. The maximum atomic E-state index is 12.6. The Bertz CT molecular complexity index is 2010. The summed E-state index contributed by atoms with van der Waals surface area (Å²) in [6, 6.07) is 21.1. The van der Waals surface area contributed by atoms with Crippen LogP contribution < -0.4 is 32.9 Å². The molecule has 3 N–H and O–H groups in total. The molecule has 0 radical (unpaired) electrons. The van der Waals surface area contributed by atoms with E-state index in [9.17, 15) is 28.7 Å². The van der Waals surface area contributed by atoms with Crippen molar-refractivity contribution in [3.8, 4) is 0 Å². The smallest absolute Gasteiger partial charge is 0.330 e. The van der Waals surface area contributed by atoms with E-state index < -0.39 is 51.0 Å². The lowest BCUT2D eigenvalue weighted by atomic mass is 10.1. The molecule has 2 aromatic heterocycles. The molecule has 6 atom stereocenters. The monoisotopic (exact) mass is 753 g/mol. The van der Waals surface area contributed by atoms with E-state index in [1.807, 2.05) is 19.1 Å². The summed E-state index contributed by atoms with van der Waals surface area (Å²) in [5.41, 5.74) is -0.797. The largest absolute Gasteiger partial charge is 0.402 e. The molecule has 288 valence electrons. The molecule has 2 aliphatic heterocycles. The third kappa shape index (κ3) is 8.95. The number of ether oxygens (including phenoxy) is 2. The fraction of sp³-hybridized carbons (Fsp3) is 0.487. The number of aryl methyl sites for hydroxylation is 2. The zero-order valence-corrected chi connectivity index (χ0v) is 32.5. The lowest BCUT2D eigenvalue weighted by Crippen LogP contribution is -2.68. The molecule has 4 aromatic rings. The van der Waals surface area contributed by atoms with E-state index in [1.54, 1.807) is 20.0 Å². The summed E-state index contributed by atoms with van der Waals surface area (Å²) in [5, 5.41) is 12.0. The van der Waals surface area contributed by atoms with Crippen LogP contribution in [-0.2, 0) is 13.9 Å². The second kappa shape index (κ2) is 17.7. The number of H-pyrrole nitrogens is 2.